The number of rotatable bonds is 4. The van der Waals surface area contributed by atoms with Crippen molar-refractivity contribution in [2.75, 3.05) is 38.3 Å². The zero-order valence-electron chi connectivity index (χ0n) is 16.8. The first kappa shape index (κ1) is 20.0. The summed E-state index contributed by atoms with van der Waals surface area (Å²) in [4.78, 5) is 40.3. The van der Waals surface area contributed by atoms with Crippen molar-refractivity contribution in [3.05, 3.63) is 18.2 Å². The quantitative estimate of drug-likeness (QED) is 0.836. The van der Waals surface area contributed by atoms with Crippen molar-refractivity contribution in [2.45, 2.75) is 32.7 Å². The van der Waals surface area contributed by atoms with E-state index in [1.807, 2.05) is 20.8 Å². The first-order valence-electron chi connectivity index (χ1n) is 9.40. The number of carbonyl (C=O) groups excluding carboxylic acids is 3. The molecule has 0 saturated carbocycles. The molecule has 0 radical (unpaired) electrons. The smallest absolute Gasteiger partial charge is 0.240 e. The highest BCUT2D eigenvalue weighted by Crippen LogP contribution is 2.36. The van der Waals surface area contributed by atoms with Gasteiger partial charge in [-0.05, 0) is 32.9 Å². The lowest BCUT2D eigenvalue weighted by Gasteiger charge is -2.25. The van der Waals surface area contributed by atoms with Crippen LogP contribution in [-0.4, -0.2) is 61.5 Å². The second-order valence-electron chi connectivity index (χ2n) is 8.23. The minimum absolute atomic E-state index is 0.0369. The number of anilines is 1. The van der Waals surface area contributed by atoms with Crippen LogP contribution in [0, 0.1) is 5.92 Å². The maximum Gasteiger partial charge on any atom is 0.240 e. The summed E-state index contributed by atoms with van der Waals surface area (Å²) in [5.74, 6) is 0.214. The molecule has 1 unspecified atom stereocenters. The second-order valence-corrected chi connectivity index (χ2v) is 8.23. The van der Waals surface area contributed by atoms with Crippen molar-refractivity contribution in [2.24, 2.45) is 5.92 Å². The summed E-state index contributed by atoms with van der Waals surface area (Å²) < 4.78 is 11.1. The van der Waals surface area contributed by atoms with Gasteiger partial charge in [0.1, 0.15) is 13.2 Å². The monoisotopic (exact) mass is 389 g/mol. The lowest BCUT2D eigenvalue weighted by atomic mass is 10.1. The molecule has 28 heavy (non-hydrogen) atoms. The van der Waals surface area contributed by atoms with Crippen LogP contribution in [0.15, 0.2) is 18.2 Å². The van der Waals surface area contributed by atoms with Crippen LogP contribution in [0.5, 0.6) is 11.5 Å². The molecule has 2 aliphatic rings. The number of nitrogens with zero attached hydrogens (tertiary/aromatic N) is 2. The number of ether oxygens (including phenoxy) is 2. The summed E-state index contributed by atoms with van der Waals surface area (Å²) >= 11 is 0. The maximum absolute atomic E-state index is 12.7. The van der Waals surface area contributed by atoms with Gasteiger partial charge in [0.05, 0.1) is 12.5 Å². The Hall–Kier alpha value is -2.77. The number of benzene rings is 1. The van der Waals surface area contributed by atoms with Crippen LogP contribution >= 0.6 is 0 Å². The van der Waals surface area contributed by atoms with Crippen molar-refractivity contribution in [3.8, 4) is 11.5 Å². The predicted octanol–water partition coefficient (Wildman–Crippen LogP) is 1.18. The molecular weight excluding hydrogens is 362 g/mol. The normalized spacial score (nSPS) is 18.8. The molecule has 1 aromatic carbocycles. The van der Waals surface area contributed by atoms with Crippen LogP contribution in [0.2, 0.25) is 0 Å². The second kappa shape index (κ2) is 7.69. The van der Waals surface area contributed by atoms with Crippen molar-refractivity contribution in [3.63, 3.8) is 0 Å². The van der Waals surface area contributed by atoms with E-state index in [1.165, 1.54) is 4.90 Å². The first-order chi connectivity index (χ1) is 13.1. The van der Waals surface area contributed by atoms with Crippen LogP contribution in [0.1, 0.15) is 27.2 Å². The molecule has 0 bridgehead atoms. The largest absolute Gasteiger partial charge is 0.486 e. The number of amides is 3. The van der Waals surface area contributed by atoms with Gasteiger partial charge in [-0.1, -0.05) is 0 Å². The Labute approximate surface area is 164 Å². The fourth-order valence-electron chi connectivity index (χ4n) is 3.39. The van der Waals surface area contributed by atoms with E-state index in [9.17, 15) is 14.4 Å². The van der Waals surface area contributed by atoms with Gasteiger partial charge in [0.15, 0.2) is 11.5 Å². The third kappa shape index (κ3) is 4.55. The Morgan fingerprint density at radius 3 is 2.57 bits per heavy atom. The molecule has 3 rings (SSSR count). The number of hydrogen-bond donors (Lipinski definition) is 1. The molecule has 0 spiro atoms. The molecule has 8 heteroatoms. The SMILES string of the molecule is CN(CC(=O)NC(C)(C)C)C(=O)C1CC(=O)N(c2ccc3c(c2)OCCO3)C1. The molecule has 2 aliphatic heterocycles. The summed E-state index contributed by atoms with van der Waals surface area (Å²) in [6.45, 7) is 6.86. The number of nitrogens with one attached hydrogen (secondary N) is 1. The van der Waals surface area contributed by atoms with Gasteiger partial charge in [0, 0.05) is 37.3 Å². The van der Waals surface area contributed by atoms with Crippen molar-refractivity contribution < 1.29 is 23.9 Å². The molecule has 1 N–H and O–H groups in total. The number of fused-ring (bicyclic) bond motifs is 1. The molecular formula is C20H27N3O5. The van der Waals surface area contributed by atoms with E-state index >= 15 is 0 Å². The van der Waals surface area contributed by atoms with Crippen molar-refractivity contribution in [1.82, 2.24) is 10.2 Å². The van der Waals surface area contributed by atoms with Gasteiger partial charge < -0.3 is 24.6 Å². The molecule has 152 valence electrons. The van der Waals surface area contributed by atoms with Gasteiger partial charge >= 0.3 is 0 Å². The Kier molecular flexibility index (Phi) is 5.49. The van der Waals surface area contributed by atoms with Gasteiger partial charge in [-0.2, -0.15) is 0 Å². The Balaban J connectivity index is 1.63. The fourth-order valence-corrected chi connectivity index (χ4v) is 3.39. The summed E-state index contributed by atoms with van der Waals surface area (Å²) in [7, 11) is 1.59. The van der Waals surface area contributed by atoms with Crippen LogP contribution < -0.4 is 19.7 Å². The van der Waals surface area contributed by atoms with Gasteiger partial charge in [0.2, 0.25) is 17.7 Å². The average molecular weight is 389 g/mol. The number of carbonyl (C=O) groups is 3. The molecule has 8 nitrogen and oxygen atoms in total. The zero-order chi connectivity index (χ0) is 20.5. The predicted molar refractivity (Wildman–Crippen MR) is 103 cm³/mol. The van der Waals surface area contributed by atoms with E-state index < -0.39 is 5.92 Å². The van der Waals surface area contributed by atoms with Crippen LogP contribution in [0.3, 0.4) is 0 Å². The van der Waals surface area contributed by atoms with E-state index in [0.717, 1.165) is 0 Å². The highest BCUT2D eigenvalue weighted by Gasteiger charge is 2.37. The Morgan fingerprint density at radius 2 is 1.89 bits per heavy atom. The maximum atomic E-state index is 12.7. The molecule has 1 aromatic rings. The molecule has 3 amide bonds. The third-order valence-corrected chi connectivity index (χ3v) is 4.58. The van der Waals surface area contributed by atoms with E-state index in [-0.39, 0.29) is 42.8 Å². The lowest BCUT2D eigenvalue weighted by molar-refractivity contribution is -0.138. The summed E-state index contributed by atoms with van der Waals surface area (Å²) in [5, 5.41) is 2.83. The average Bonchev–Trinajstić information content (AvgIpc) is 3.00. The summed E-state index contributed by atoms with van der Waals surface area (Å²) in [6, 6.07) is 5.33. The minimum Gasteiger partial charge on any atom is -0.486 e. The third-order valence-electron chi connectivity index (χ3n) is 4.58. The van der Waals surface area contributed by atoms with Crippen LogP contribution in [0.4, 0.5) is 5.69 Å². The Bertz CT molecular complexity index is 787. The van der Waals surface area contributed by atoms with E-state index in [4.69, 9.17) is 9.47 Å². The van der Waals surface area contributed by atoms with E-state index in [1.54, 1.807) is 30.1 Å². The van der Waals surface area contributed by atoms with E-state index in [0.29, 0.717) is 30.4 Å². The van der Waals surface area contributed by atoms with Crippen molar-refractivity contribution >= 4 is 23.4 Å². The van der Waals surface area contributed by atoms with Gasteiger partial charge in [-0.25, -0.2) is 0 Å². The fraction of sp³-hybridized carbons (Fsp3) is 0.550. The minimum atomic E-state index is -0.479. The van der Waals surface area contributed by atoms with Gasteiger partial charge in [-0.15, -0.1) is 0 Å². The highest BCUT2D eigenvalue weighted by molar-refractivity contribution is 6.01. The summed E-state index contributed by atoms with van der Waals surface area (Å²) in [6.07, 6.45) is 0.124. The topological polar surface area (TPSA) is 88.2 Å². The molecule has 1 saturated heterocycles. The van der Waals surface area contributed by atoms with Crippen LogP contribution in [-0.2, 0) is 14.4 Å². The summed E-state index contributed by atoms with van der Waals surface area (Å²) in [5.41, 5.74) is 0.317. The Morgan fingerprint density at radius 1 is 1.21 bits per heavy atom. The van der Waals surface area contributed by atoms with Gasteiger partial charge in [-0.3, -0.25) is 14.4 Å². The molecule has 1 atom stereocenters. The molecule has 0 aromatic heterocycles. The van der Waals surface area contributed by atoms with Crippen LogP contribution in [0.25, 0.3) is 0 Å². The lowest BCUT2D eigenvalue weighted by Crippen LogP contribution is -2.47. The number of hydrogen-bond acceptors (Lipinski definition) is 5. The standard InChI is InChI=1S/C20H27N3O5/c1-20(2,3)21-17(24)12-22(4)19(26)13-9-18(25)23(11-13)14-5-6-15-16(10-14)28-8-7-27-15/h5-6,10,13H,7-9,11-12H2,1-4H3,(H,21,24). The molecule has 1 fully saturated rings. The van der Waals surface area contributed by atoms with Crippen molar-refractivity contribution in [1.29, 1.82) is 0 Å². The zero-order valence-corrected chi connectivity index (χ0v) is 16.8. The highest BCUT2D eigenvalue weighted by atomic mass is 16.6. The molecule has 2 heterocycles. The van der Waals surface area contributed by atoms with E-state index in [2.05, 4.69) is 5.32 Å². The number of likely N-dealkylation sites (N-methyl/N-ethyl adjacent to an activating group) is 1. The first-order valence-corrected chi connectivity index (χ1v) is 9.40. The molecule has 0 aliphatic carbocycles. The van der Waals surface area contributed by atoms with Gasteiger partial charge in [0.25, 0.3) is 0 Å².